The molecular formula is C15H19ClN4S. The number of nitrogens with one attached hydrogen (secondary N) is 2. The van der Waals surface area contributed by atoms with Gasteiger partial charge in [-0.25, -0.2) is 0 Å². The number of aromatic nitrogens is 2. The molecule has 112 valence electrons. The van der Waals surface area contributed by atoms with Gasteiger partial charge in [-0.1, -0.05) is 23.7 Å². The first kappa shape index (κ1) is 15.8. The molecule has 6 heteroatoms. The summed E-state index contributed by atoms with van der Waals surface area (Å²) in [7, 11) is 0. The van der Waals surface area contributed by atoms with Gasteiger partial charge < -0.3 is 10.6 Å². The van der Waals surface area contributed by atoms with Gasteiger partial charge in [-0.15, -0.1) is 0 Å². The van der Waals surface area contributed by atoms with Crippen LogP contribution in [0.5, 0.6) is 0 Å². The van der Waals surface area contributed by atoms with Crippen molar-refractivity contribution in [2.24, 2.45) is 0 Å². The maximum Gasteiger partial charge on any atom is 0.170 e. The molecule has 0 fully saturated rings. The molecule has 0 aliphatic heterocycles. The summed E-state index contributed by atoms with van der Waals surface area (Å²) in [5.74, 6) is 0. The predicted octanol–water partition coefficient (Wildman–Crippen LogP) is 3.53. The van der Waals surface area contributed by atoms with Gasteiger partial charge in [0.1, 0.15) is 0 Å². The minimum Gasteiger partial charge on any atom is -0.362 e. The van der Waals surface area contributed by atoms with E-state index in [4.69, 9.17) is 23.8 Å². The van der Waals surface area contributed by atoms with Crippen LogP contribution in [0.25, 0.3) is 0 Å². The molecule has 0 bridgehead atoms. The van der Waals surface area contributed by atoms with Crippen molar-refractivity contribution in [3.8, 4) is 0 Å². The first-order valence-corrected chi connectivity index (χ1v) is 7.63. The number of anilines is 1. The average molecular weight is 323 g/mol. The van der Waals surface area contributed by atoms with Gasteiger partial charge in [0.25, 0.3) is 0 Å². The zero-order valence-corrected chi connectivity index (χ0v) is 13.8. The van der Waals surface area contributed by atoms with Crippen molar-refractivity contribution in [1.82, 2.24) is 15.1 Å². The molecule has 2 N–H and O–H groups in total. The Bertz CT molecular complexity index is 624. The third kappa shape index (κ3) is 5.02. The molecule has 2 rings (SSSR count). The first-order chi connectivity index (χ1) is 10.0. The lowest BCUT2D eigenvalue weighted by Crippen LogP contribution is -2.30. The van der Waals surface area contributed by atoms with Crippen LogP contribution in [0.2, 0.25) is 5.02 Å². The van der Waals surface area contributed by atoms with Gasteiger partial charge in [0.15, 0.2) is 5.11 Å². The highest BCUT2D eigenvalue weighted by atomic mass is 35.5. The predicted molar refractivity (Wildman–Crippen MR) is 92.0 cm³/mol. The SMILES string of the molecule is Cc1ccc(C)c(NC(=S)NCCCn2cc(Cl)cn2)c1. The smallest absolute Gasteiger partial charge is 0.170 e. The summed E-state index contributed by atoms with van der Waals surface area (Å²) in [5.41, 5.74) is 3.43. The normalized spacial score (nSPS) is 10.4. The van der Waals surface area contributed by atoms with Crippen LogP contribution in [-0.4, -0.2) is 21.4 Å². The lowest BCUT2D eigenvalue weighted by atomic mass is 10.1. The Balaban J connectivity index is 1.73. The van der Waals surface area contributed by atoms with Crippen LogP contribution >= 0.6 is 23.8 Å². The molecule has 0 saturated carbocycles. The molecule has 0 spiro atoms. The van der Waals surface area contributed by atoms with Crippen molar-refractivity contribution in [3.63, 3.8) is 0 Å². The third-order valence-corrected chi connectivity index (χ3v) is 3.53. The summed E-state index contributed by atoms with van der Waals surface area (Å²) in [6, 6.07) is 6.27. The summed E-state index contributed by atoms with van der Waals surface area (Å²) >= 11 is 11.1. The highest BCUT2D eigenvalue weighted by Crippen LogP contribution is 2.16. The summed E-state index contributed by atoms with van der Waals surface area (Å²) in [6.45, 7) is 5.72. The van der Waals surface area contributed by atoms with Crippen molar-refractivity contribution in [2.75, 3.05) is 11.9 Å². The number of halogens is 1. The minimum absolute atomic E-state index is 0.641. The van der Waals surface area contributed by atoms with Gasteiger partial charge in [0.05, 0.1) is 11.2 Å². The van der Waals surface area contributed by atoms with E-state index in [0.29, 0.717) is 10.1 Å². The molecule has 0 amide bonds. The zero-order chi connectivity index (χ0) is 15.2. The van der Waals surface area contributed by atoms with E-state index in [0.717, 1.165) is 25.2 Å². The van der Waals surface area contributed by atoms with E-state index < -0.39 is 0 Å². The van der Waals surface area contributed by atoms with Gasteiger partial charge in [-0.2, -0.15) is 5.10 Å². The molecular weight excluding hydrogens is 304 g/mol. The van der Waals surface area contributed by atoms with Crippen LogP contribution in [0, 0.1) is 13.8 Å². The van der Waals surface area contributed by atoms with E-state index in [2.05, 4.69) is 47.8 Å². The fourth-order valence-corrected chi connectivity index (χ4v) is 2.31. The van der Waals surface area contributed by atoms with Crippen molar-refractivity contribution in [1.29, 1.82) is 0 Å². The first-order valence-electron chi connectivity index (χ1n) is 6.84. The van der Waals surface area contributed by atoms with E-state index in [-0.39, 0.29) is 0 Å². The Kier molecular flexibility index (Phi) is 5.59. The van der Waals surface area contributed by atoms with E-state index in [1.165, 1.54) is 11.1 Å². The van der Waals surface area contributed by atoms with E-state index in [1.807, 2.05) is 10.9 Å². The maximum atomic E-state index is 5.81. The number of nitrogens with zero attached hydrogens (tertiary/aromatic N) is 2. The Morgan fingerprint density at radius 2 is 2.19 bits per heavy atom. The Labute approximate surface area is 135 Å². The lowest BCUT2D eigenvalue weighted by Gasteiger charge is -2.13. The molecule has 0 unspecified atom stereocenters. The van der Waals surface area contributed by atoms with Crippen molar-refractivity contribution < 1.29 is 0 Å². The van der Waals surface area contributed by atoms with Gasteiger partial charge in [0.2, 0.25) is 0 Å². The van der Waals surface area contributed by atoms with Crippen LogP contribution in [0.3, 0.4) is 0 Å². The van der Waals surface area contributed by atoms with Gasteiger partial charge in [-0.3, -0.25) is 4.68 Å². The molecule has 1 heterocycles. The summed E-state index contributed by atoms with van der Waals surface area (Å²) in [6.07, 6.45) is 4.38. The molecule has 2 aromatic rings. The van der Waals surface area contributed by atoms with Crippen LogP contribution in [0.1, 0.15) is 17.5 Å². The second-order valence-corrected chi connectivity index (χ2v) is 5.82. The Morgan fingerprint density at radius 3 is 2.90 bits per heavy atom. The zero-order valence-electron chi connectivity index (χ0n) is 12.2. The fourth-order valence-electron chi connectivity index (χ4n) is 1.94. The van der Waals surface area contributed by atoms with Crippen molar-refractivity contribution >= 4 is 34.6 Å². The molecule has 1 aromatic carbocycles. The summed E-state index contributed by atoms with van der Waals surface area (Å²) in [4.78, 5) is 0. The second-order valence-electron chi connectivity index (χ2n) is 4.97. The van der Waals surface area contributed by atoms with Gasteiger partial charge in [0, 0.05) is 25.0 Å². The second kappa shape index (κ2) is 7.43. The maximum absolute atomic E-state index is 5.81. The molecule has 0 aliphatic carbocycles. The molecule has 21 heavy (non-hydrogen) atoms. The average Bonchev–Trinajstić information content (AvgIpc) is 2.85. The van der Waals surface area contributed by atoms with E-state index in [9.17, 15) is 0 Å². The van der Waals surface area contributed by atoms with E-state index >= 15 is 0 Å². The quantitative estimate of drug-likeness (QED) is 0.653. The number of hydrogen-bond acceptors (Lipinski definition) is 2. The summed E-state index contributed by atoms with van der Waals surface area (Å²) in [5, 5.41) is 11.9. The Morgan fingerprint density at radius 1 is 1.38 bits per heavy atom. The minimum atomic E-state index is 0.641. The highest BCUT2D eigenvalue weighted by Gasteiger charge is 2.01. The van der Waals surface area contributed by atoms with E-state index in [1.54, 1.807) is 6.20 Å². The largest absolute Gasteiger partial charge is 0.362 e. The number of thiocarbonyl (C=S) groups is 1. The van der Waals surface area contributed by atoms with Crippen molar-refractivity contribution in [3.05, 3.63) is 46.7 Å². The highest BCUT2D eigenvalue weighted by molar-refractivity contribution is 7.80. The molecule has 1 aromatic heterocycles. The van der Waals surface area contributed by atoms with Crippen LogP contribution in [0.15, 0.2) is 30.6 Å². The topological polar surface area (TPSA) is 41.9 Å². The number of benzene rings is 1. The van der Waals surface area contributed by atoms with Gasteiger partial charge in [-0.05, 0) is 49.7 Å². The molecule has 0 radical (unpaired) electrons. The molecule has 0 atom stereocenters. The van der Waals surface area contributed by atoms with Crippen LogP contribution < -0.4 is 10.6 Å². The van der Waals surface area contributed by atoms with Crippen LogP contribution in [0.4, 0.5) is 5.69 Å². The lowest BCUT2D eigenvalue weighted by molar-refractivity contribution is 0.574. The standard InChI is InChI=1S/C15H19ClN4S/c1-11-4-5-12(2)14(8-11)19-15(21)17-6-3-7-20-10-13(16)9-18-20/h4-5,8-10H,3,6-7H2,1-2H3,(H2,17,19,21). The molecule has 0 aliphatic rings. The van der Waals surface area contributed by atoms with Crippen LogP contribution in [-0.2, 0) is 6.54 Å². The number of hydrogen-bond donors (Lipinski definition) is 2. The fraction of sp³-hybridized carbons (Fsp3) is 0.333. The number of aryl methyl sites for hydroxylation is 3. The monoisotopic (exact) mass is 322 g/mol. The van der Waals surface area contributed by atoms with Crippen molar-refractivity contribution in [2.45, 2.75) is 26.8 Å². The molecule has 4 nitrogen and oxygen atoms in total. The Hall–Kier alpha value is -1.59. The summed E-state index contributed by atoms with van der Waals surface area (Å²) < 4.78 is 1.82. The van der Waals surface area contributed by atoms with Gasteiger partial charge >= 0.3 is 0 Å². The number of rotatable bonds is 5. The third-order valence-electron chi connectivity index (χ3n) is 3.09. The molecule has 0 saturated heterocycles.